The van der Waals surface area contributed by atoms with Crippen LogP contribution in [0.2, 0.25) is 0 Å². The fourth-order valence-corrected chi connectivity index (χ4v) is 2.67. The van der Waals surface area contributed by atoms with Gasteiger partial charge in [0.05, 0.1) is 6.54 Å². The largest absolute Gasteiger partial charge is 0.486 e. The van der Waals surface area contributed by atoms with Gasteiger partial charge in [0.25, 0.3) is 5.91 Å². The van der Waals surface area contributed by atoms with Gasteiger partial charge >= 0.3 is 0 Å². The van der Waals surface area contributed by atoms with Crippen LogP contribution in [0, 0.1) is 0 Å². The summed E-state index contributed by atoms with van der Waals surface area (Å²) in [5.74, 6) is 0.549. The average molecular weight is 312 g/mol. The minimum atomic E-state index is -0.975. The molecule has 5 heteroatoms. The molecule has 3 rings (SSSR count). The number of piperidine rings is 1. The molecule has 0 bridgehead atoms. The van der Waals surface area contributed by atoms with E-state index in [1.54, 1.807) is 36.2 Å². The number of hydrogen-bond donors (Lipinski definition) is 1. The first-order valence-corrected chi connectivity index (χ1v) is 7.71. The quantitative estimate of drug-likeness (QED) is 0.943. The lowest BCUT2D eigenvalue weighted by atomic mass is 9.90. The summed E-state index contributed by atoms with van der Waals surface area (Å²) in [6, 6.07) is 14.6. The molecule has 2 heterocycles. The topological polar surface area (TPSA) is 62.7 Å². The van der Waals surface area contributed by atoms with E-state index < -0.39 is 11.7 Å². The zero-order chi connectivity index (χ0) is 16.3. The van der Waals surface area contributed by atoms with Gasteiger partial charge in [0.2, 0.25) is 0 Å². The van der Waals surface area contributed by atoms with Gasteiger partial charge in [-0.25, -0.2) is 0 Å². The van der Waals surface area contributed by atoms with E-state index in [1.165, 1.54) is 0 Å². The summed E-state index contributed by atoms with van der Waals surface area (Å²) in [6.45, 7) is 2.57. The first-order chi connectivity index (χ1) is 11.1. The highest BCUT2D eigenvalue weighted by Crippen LogP contribution is 2.27. The van der Waals surface area contributed by atoms with Gasteiger partial charge in [0.15, 0.2) is 0 Å². The summed E-state index contributed by atoms with van der Waals surface area (Å²) in [6.07, 6.45) is 1.58. The van der Waals surface area contributed by atoms with E-state index in [1.807, 2.05) is 30.3 Å². The number of nitrogens with zero attached hydrogens (tertiary/aromatic N) is 2. The number of carbonyl (C=O) groups is 1. The standard InChI is InChI=1S/C18H20N2O3/c1-18(22)10-12-20(17(21)15-9-5-6-11-19-15)13-16(18)23-14-7-3-2-4-8-14/h2-9,11,16,22H,10,12-13H2,1H3/t16-,18-/m1/s1. The van der Waals surface area contributed by atoms with Crippen molar-refractivity contribution in [2.75, 3.05) is 13.1 Å². The van der Waals surface area contributed by atoms with Crippen LogP contribution in [0.1, 0.15) is 23.8 Å². The van der Waals surface area contributed by atoms with Gasteiger partial charge in [-0.3, -0.25) is 9.78 Å². The van der Waals surface area contributed by atoms with Crippen molar-refractivity contribution >= 4 is 5.91 Å². The molecule has 1 aromatic carbocycles. The maximum absolute atomic E-state index is 12.5. The lowest BCUT2D eigenvalue weighted by molar-refractivity contribution is -0.0882. The molecular formula is C18H20N2O3. The third kappa shape index (κ3) is 3.51. The molecule has 1 fully saturated rings. The van der Waals surface area contributed by atoms with Crippen LogP contribution in [0.3, 0.4) is 0 Å². The lowest BCUT2D eigenvalue weighted by Crippen LogP contribution is -2.57. The van der Waals surface area contributed by atoms with Gasteiger partial charge in [-0.05, 0) is 37.6 Å². The Morgan fingerprint density at radius 2 is 2.00 bits per heavy atom. The zero-order valence-electron chi connectivity index (χ0n) is 13.1. The number of rotatable bonds is 3. The molecule has 5 nitrogen and oxygen atoms in total. The molecule has 120 valence electrons. The van der Waals surface area contributed by atoms with Crippen LogP contribution >= 0.6 is 0 Å². The van der Waals surface area contributed by atoms with Crippen LogP contribution in [0.15, 0.2) is 54.7 Å². The molecule has 23 heavy (non-hydrogen) atoms. The Bertz CT molecular complexity index is 658. The van der Waals surface area contributed by atoms with Crippen molar-refractivity contribution in [2.45, 2.75) is 25.0 Å². The summed E-state index contributed by atoms with van der Waals surface area (Å²) >= 11 is 0. The number of para-hydroxylation sites is 1. The van der Waals surface area contributed by atoms with Gasteiger partial charge in [-0.15, -0.1) is 0 Å². The third-order valence-corrected chi connectivity index (χ3v) is 4.16. The summed E-state index contributed by atoms with van der Waals surface area (Å²) in [5, 5.41) is 10.6. The molecule has 0 radical (unpaired) electrons. The van der Waals surface area contributed by atoms with Crippen LogP contribution < -0.4 is 4.74 Å². The molecule has 1 N–H and O–H groups in total. The molecule has 0 aliphatic carbocycles. The number of ether oxygens (including phenoxy) is 1. The van der Waals surface area contributed by atoms with Crippen molar-refractivity contribution in [2.24, 2.45) is 0 Å². The lowest BCUT2D eigenvalue weighted by Gasteiger charge is -2.42. The number of likely N-dealkylation sites (tertiary alicyclic amines) is 1. The monoisotopic (exact) mass is 312 g/mol. The Hall–Kier alpha value is -2.40. The number of amides is 1. The van der Waals surface area contributed by atoms with Gasteiger partial charge in [0.1, 0.15) is 23.1 Å². The van der Waals surface area contributed by atoms with E-state index in [4.69, 9.17) is 4.74 Å². The number of carbonyl (C=O) groups excluding carboxylic acids is 1. The van der Waals surface area contributed by atoms with Crippen LogP contribution in [0.4, 0.5) is 0 Å². The van der Waals surface area contributed by atoms with Crippen molar-refractivity contribution < 1.29 is 14.6 Å². The van der Waals surface area contributed by atoms with Gasteiger partial charge in [0, 0.05) is 12.7 Å². The summed E-state index contributed by atoms with van der Waals surface area (Å²) in [7, 11) is 0. The molecule has 2 aromatic rings. The number of pyridine rings is 1. The fourth-order valence-electron chi connectivity index (χ4n) is 2.67. The summed E-state index contributed by atoms with van der Waals surface area (Å²) in [5.41, 5.74) is -0.566. The molecule has 2 atom stereocenters. The maximum Gasteiger partial charge on any atom is 0.272 e. The maximum atomic E-state index is 12.5. The molecule has 0 unspecified atom stereocenters. The predicted molar refractivity (Wildman–Crippen MR) is 86.2 cm³/mol. The Morgan fingerprint density at radius 1 is 1.26 bits per heavy atom. The van der Waals surface area contributed by atoms with E-state index in [0.29, 0.717) is 31.0 Å². The Labute approximate surface area is 135 Å². The summed E-state index contributed by atoms with van der Waals surface area (Å²) < 4.78 is 5.92. The van der Waals surface area contributed by atoms with Crippen LogP contribution in [-0.4, -0.2) is 45.7 Å². The molecule has 0 spiro atoms. The molecular weight excluding hydrogens is 292 g/mol. The highest BCUT2D eigenvalue weighted by atomic mass is 16.5. The third-order valence-electron chi connectivity index (χ3n) is 4.16. The highest BCUT2D eigenvalue weighted by molar-refractivity contribution is 5.92. The second-order valence-corrected chi connectivity index (χ2v) is 5.99. The molecule has 1 amide bonds. The molecule has 1 aromatic heterocycles. The first-order valence-electron chi connectivity index (χ1n) is 7.71. The number of aromatic nitrogens is 1. The van der Waals surface area contributed by atoms with Gasteiger partial charge < -0.3 is 14.7 Å². The molecule has 0 saturated carbocycles. The highest BCUT2D eigenvalue weighted by Gasteiger charge is 2.41. The Balaban J connectivity index is 1.75. The number of benzene rings is 1. The summed E-state index contributed by atoms with van der Waals surface area (Å²) in [4.78, 5) is 18.3. The molecule has 1 saturated heterocycles. The van der Waals surface area contributed by atoms with Crippen molar-refractivity contribution in [3.63, 3.8) is 0 Å². The average Bonchev–Trinajstić information content (AvgIpc) is 2.58. The van der Waals surface area contributed by atoms with Crippen LogP contribution in [-0.2, 0) is 0 Å². The Kier molecular flexibility index (Phi) is 4.30. The minimum Gasteiger partial charge on any atom is -0.486 e. The smallest absolute Gasteiger partial charge is 0.272 e. The van der Waals surface area contributed by atoms with Gasteiger partial charge in [-0.1, -0.05) is 24.3 Å². The van der Waals surface area contributed by atoms with E-state index >= 15 is 0 Å². The predicted octanol–water partition coefficient (Wildman–Crippen LogP) is 2.13. The molecule has 1 aliphatic rings. The molecule has 1 aliphatic heterocycles. The minimum absolute atomic E-state index is 0.136. The second-order valence-electron chi connectivity index (χ2n) is 5.99. The zero-order valence-corrected chi connectivity index (χ0v) is 13.1. The van der Waals surface area contributed by atoms with Crippen LogP contribution in [0.25, 0.3) is 0 Å². The van der Waals surface area contributed by atoms with Crippen molar-refractivity contribution in [1.29, 1.82) is 0 Å². The normalized spacial score (nSPS) is 24.3. The Morgan fingerprint density at radius 3 is 2.70 bits per heavy atom. The van der Waals surface area contributed by atoms with E-state index in [2.05, 4.69) is 4.98 Å². The number of hydrogen-bond acceptors (Lipinski definition) is 4. The van der Waals surface area contributed by atoms with Crippen molar-refractivity contribution in [3.8, 4) is 5.75 Å². The van der Waals surface area contributed by atoms with E-state index in [9.17, 15) is 9.90 Å². The van der Waals surface area contributed by atoms with Crippen molar-refractivity contribution in [3.05, 3.63) is 60.4 Å². The first kappa shape index (κ1) is 15.5. The second kappa shape index (κ2) is 6.38. The van der Waals surface area contributed by atoms with Gasteiger partial charge in [-0.2, -0.15) is 0 Å². The SMILES string of the molecule is C[C@@]1(O)CCN(C(=O)c2ccccn2)C[C@H]1Oc1ccccc1. The van der Waals surface area contributed by atoms with E-state index in [0.717, 1.165) is 0 Å². The number of aliphatic hydroxyl groups is 1. The van der Waals surface area contributed by atoms with Crippen molar-refractivity contribution in [1.82, 2.24) is 9.88 Å². The van der Waals surface area contributed by atoms with Crippen LogP contribution in [0.5, 0.6) is 5.75 Å². The fraction of sp³-hybridized carbons (Fsp3) is 0.333. The van der Waals surface area contributed by atoms with E-state index in [-0.39, 0.29) is 5.91 Å².